The van der Waals surface area contributed by atoms with Crippen molar-refractivity contribution >= 4 is 5.91 Å². The van der Waals surface area contributed by atoms with Gasteiger partial charge < -0.3 is 20.8 Å². The van der Waals surface area contributed by atoms with Crippen LogP contribution in [0.4, 0.5) is 0 Å². The number of β-amino-alcohol motifs (C(OH)–C–C–N with tert-alkyl or cyclic N) is 2. The highest BCUT2D eigenvalue weighted by molar-refractivity contribution is 5.79. The van der Waals surface area contributed by atoms with E-state index in [0.29, 0.717) is 12.5 Å². The van der Waals surface area contributed by atoms with E-state index in [2.05, 4.69) is 0 Å². The topological polar surface area (TPSA) is 86.8 Å². The number of hydrogen-bond acceptors (Lipinski definition) is 4. The number of carbonyl (C=O) groups is 1. The van der Waals surface area contributed by atoms with Gasteiger partial charge in [-0.2, -0.15) is 0 Å². The first-order valence-corrected chi connectivity index (χ1v) is 6.46. The lowest BCUT2D eigenvalue weighted by atomic mass is 9.81. The first kappa shape index (κ1) is 12.8. The molecule has 1 aliphatic carbocycles. The molecular formula is C12H22N2O3. The Kier molecular flexibility index (Phi) is 4.01. The number of hydrogen-bond donors (Lipinski definition) is 3. The summed E-state index contributed by atoms with van der Waals surface area (Å²) < 4.78 is 0. The van der Waals surface area contributed by atoms with Crippen LogP contribution in [0.3, 0.4) is 0 Å². The second kappa shape index (κ2) is 5.33. The van der Waals surface area contributed by atoms with Crippen LogP contribution in [-0.2, 0) is 4.79 Å². The van der Waals surface area contributed by atoms with Crippen molar-refractivity contribution in [3.63, 3.8) is 0 Å². The van der Waals surface area contributed by atoms with Gasteiger partial charge in [-0.25, -0.2) is 0 Å². The van der Waals surface area contributed by atoms with Gasteiger partial charge in [-0.05, 0) is 38.1 Å². The first-order valence-electron chi connectivity index (χ1n) is 6.46. The Morgan fingerprint density at radius 1 is 1.12 bits per heavy atom. The highest BCUT2D eigenvalue weighted by Crippen LogP contribution is 2.30. The van der Waals surface area contributed by atoms with E-state index in [9.17, 15) is 15.0 Å². The van der Waals surface area contributed by atoms with Crippen LogP contribution < -0.4 is 5.73 Å². The lowest BCUT2D eigenvalue weighted by molar-refractivity contribution is -0.136. The van der Waals surface area contributed by atoms with Gasteiger partial charge in [0.15, 0.2) is 0 Å². The average molecular weight is 242 g/mol. The van der Waals surface area contributed by atoms with E-state index in [1.807, 2.05) is 0 Å². The van der Waals surface area contributed by atoms with E-state index in [1.54, 1.807) is 4.90 Å². The molecule has 0 aromatic heterocycles. The van der Waals surface area contributed by atoms with Gasteiger partial charge in [0.1, 0.15) is 0 Å². The van der Waals surface area contributed by atoms with Crippen LogP contribution in [0.1, 0.15) is 25.7 Å². The molecule has 1 saturated carbocycles. The third-order valence-corrected chi connectivity index (χ3v) is 4.10. The highest BCUT2D eigenvalue weighted by Gasteiger charge is 2.36. The van der Waals surface area contributed by atoms with Gasteiger partial charge in [-0.3, -0.25) is 4.79 Å². The van der Waals surface area contributed by atoms with Gasteiger partial charge in [0.2, 0.25) is 5.91 Å². The fourth-order valence-corrected chi connectivity index (χ4v) is 2.85. The molecule has 2 atom stereocenters. The van der Waals surface area contributed by atoms with Crippen molar-refractivity contribution in [3.8, 4) is 0 Å². The fraction of sp³-hybridized carbons (Fsp3) is 0.917. The lowest BCUT2D eigenvalue weighted by Gasteiger charge is -2.29. The van der Waals surface area contributed by atoms with E-state index in [0.717, 1.165) is 25.7 Å². The van der Waals surface area contributed by atoms with Crippen molar-refractivity contribution in [1.29, 1.82) is 0 Å². The van der Waals surface area contributed by atoms with Gasteiger partial charge in [0.05, 0.1) is 12.2 Å². The van der Waals surface area contributed by atoms with Crippen LogP contribution in [0, 0.1) is 11.8 Å². The molecule has 0 bridgehead atoms. The molecule has 1 aliphatic heterocycles. The van der Waals surface area contributed by atoms with Gasteiger partial charge in [0, 0.05) is 19.0 Å². The predicted molar refractivity (Wildman–Crippen MR) is 63.1 cm³/mol. The zero-order valence-corrected chi connectivity index (χ0v) is 10.1. The molecule has 17 heavy (non-hydrogen) atoms. The molecular weight excluding hydrogens is 220 g/mol. The maximum atomic E-state index is 12.2. The van der Waals surface area contributed by atoms with Crippen LogP contribution in [0.5, 0.6) is 0 Å². The minimum atomic E-state index is -0.778. The Bertz CT molecular complexity index is 267. The van der Waals surface area contributed by atoms with Crippen LogP contribution >= 0.6 is 0 Å². The van der Waals surface area contributed by atoms with Gasteiger partial charge in [-0.15, -0.1) is 0 Å². The molecule has 2 rings (SSSR count). The second-order valence-electron chi connectivity index (χ2n) is 5.33. The van der Waals surface area contributed by atoms with E-state index in [1.165, 1.54) is 0 Å². The molecule has 2 unspecified atom stereocenters. The summed E-state index contributed by atoms with van der Waals surface area (Å²) in [7, 11) is 0. The van der Waals surface area contributed by atoms with Gasteiger partial charge >= 0.3 is 0 Å². The molecule has 0 radical (unpaired) electrons. The number of likely N-dealkylation sites (tertiary alicyclic amines) is 1. The summed E-state index contributed by atoms with van der Waals surface area (Å²) in [5, 5.41) is 18.9. The van der Waals surface area contributed by atoms with Crippen LogP contribution in [0.2, 0.25) is 0 Å². The first-order chi connectivity index (χ1) is 8.11. The van der Waals surface area contributed by atoms with E-state index in [4.69, 9.17) is 5.73 Å². The number of carbonyl (C=O) groups excluding carboxylic acids is 1. The zero-order valence-electron chi connectivity index (χ0n) is 10.1. The molecule has 2 fully saturated rings. The summed E-state index contributed by atoms with van der Waals surface area (Å²) >= 11 is 0. The Balaban J connectivity index is 1.85. The summed E-state index contributed by atoms with van der Waals surface area (Å²) in [6, 6.07) is 0. The molecule has 0 aromatic rings. The number of rotatable bonds is 2. The molecule has 0 spiro atoms. The Morgan fingerprint density at radius 3 is 2.12 bits per heavy atom. The molecule has 5 heteroatoms. The van der Waals surface area contributed by atoms with E-state index in [-0.39, 0.29) is 24.9 Å². The number of nitrogens with two attached hydrogens (primary N) is 1. The molecule has 4 N–H and O–H groups in total. The average Bonchev–Trinajstić information content (AvgIpc) is 2.69. The quantitative estimate of drug-likeness (QED) is 0.598. The zero-order chi connectivity index (χ0) is 12.4. The maximum Gasteiger partial charge on any atom is 0.225 e. The normalized spacial score (nSPS) is 38.4. The molecule has 1 saturated heterocycles. The molecule has 2 aliphatic rings. The summed E-state index contributed by atoms with van der Waals surface area (Å²) in [5.41, 5.74) is 5.62. The van der Waals surface area contributed by atoms with E-state index >= 15 is 0 Å². The Labute approximate surface area is 102 Å². The summed E-state index contributed by atoms with van der Waals surface area (Å²) in [5.74, 6) is 0.722. The lowest BCUT2D eigenvalue weighted by Crippen LogP contribution is -2.37. The molecule has 1 amide bonds. The largest absolute Gasteiger partial charge is 0.388 e. The van der Waals surface area contributed by atoms with Crippen LogP contribution in [-0.4, -0.2) is 52.9 Å². The number of nitrogens with zero attached hydrogens (tertiary/aromatic N) is 1. The van der Waals surface area contributed by atoms with Crippen molar-refractivity contribution < 1.29 is 15.0 Å². The minimum absolute atomic E-state index is 0.0651. The van der Waals surface area contributed by atoms with Crippen LogP contribution in [0.25, 0.3) is 0 Å². The monoisotopic (exact) mass is 242 g/mol. The van der Waals surface area contributed by atoms with Crippen molar-refractivity contribution in [3.05, 3.63) is 0 Å². The number of amides is 1. The predicted octanol–water partition coefficient (Wildman–Crippen LogP) is -0.684. The SMILES string of the molecule is NCC1CCC(C(=O)N2CC(O)C(O)C2)CC1. The molecule has 5 nitrogen and oxygen atoms in total. The van der Waals surface area contributed by atoms with Gasteiger partial charge in [0.25, 0.3) is 0 Å². The molecule has 98 valence electrons. The standard InChI is InChI=1S/C12H22N2O3/c13-5-8-1-3-9(4-2-8)12(17)14-6-10(15)11(16)7-14/h8-11,15-16H,1-7,13H2. The minimum Gasteiger partial charge on any atom is -0.388 e. The molecule has 1 heterocycles. The van der Waals surface area contributed by atoms with Crippen molar-refractivity contribution in [1.82, 2.24) is 4.90 Å². The van der Waals surface area contributed by atoms with Crippen molar-refractivity contribution in [2.45, 2.75) is 37.9 Å². The maximum absolute atomic E-state index is 12.2. The highest BCUT2D eigenvalue weighted by atomic mass is 16.3. The smallest absolute Gasteiger partial charge is 0.225 e. The second-order valence-corrected chi connectivity index (χ2v) is 5.33. The summed E-state index contributed by atoms with van der Waals surface area (Å²) in [6.07, 6.45) is 2.27. The summed E-state index contributed by atoms with van der Waals surface area (Å²) in [6.45, 7) is 1.26. The third kappa shape index (κ3) is 2.78. The molecule has 0 aromatic carbocycles. The van der Waals surface area contributed by atoms with Crippen LogP contribution in [0.15, 0.2) is 0 Å². The van der Waals surface area contributed by atoms with E-state index < -0.39 is 12.2 Å². The van der Waals surface area contributed by atoms with Crippen molar-refractivity contribution in [2.75, 3.05) is 19.6 Å². The Morgan fingerprint density at radius 2 is 1.65 bits per heavy atom. The number of aliphatic hydroxyl groups excluding tert-OH is 2. The summed E-state index contributed by atoms with van der Waals surface area (Å²) in [4.78, 5) is 13.8. The Hall–Kier alpha value is -0.650. The van der Waals surface area contributed by atoms with Crippen molar-refractivity contribution in [2.24, 2.45) is 17.6 Å². The van der Waals surface area contributed by atoms with Gasteiger partial charge in [-0.1, -0.05) is 0 Å². The third-order valence-electron chi connectivity index (χ3n) is 4.10. The number of aliphatic hydroxyl groups is 2. The fourth-order valence-electron chi connectivity index (χ4n) is 2.85.